The highest BCUT2D eigenvalue weighted by atomic mass is 15.3. The summed E-state index contributed by atoms with van der Waals surface area (Å²) in [5.74, 6) is 0. The number of piperidine rings is 1. The Labute approximate surface area is 107 Å². The summed E-state index contributed by atoms with van der Waals surface area (Å²) in [7, 11) is 0. The second kappa shape index (κ2) is 5.68. The van der Waals surface area contributed by atoms with E-state index < -0.39 is 0 Å². The number of likely N-dealkylation sites (tertiary alicyclic amines) is 2. The highest BCUT2D eigenvalue weighted by Gasteiger charge is 2.34. The second-order valence-electron chi connectivity index (χ2n) is 6.33. The lowest BCUT2D eigenvalue weighted by molar-refractivity contribution is 0.0284. The van der Waals surface area contributed by atoms with Crippen LogP contribution in [0.25, 0.3) is 0 Å². The first-order valence-electron chi connectivity index (χ1n) is 7.30. The Hall–Kier alpha value is -0.120. The van der Waals surface area contributed by atoms with Crippen molar-refractivity contribution in [1.29, 1.82) is 0 Å². The van der Waals surface area contributed by atoms with E-state index in [1.807, 2.05) is 0 Å². The molecular weight excluding hydrogens is 210 g/mol. The molecule has 2 fully saturated rings. The first kappa shape index (κ1) is 13.3. The molecule has 0 amide bonds. The van der Waals surface area contributed by atoms with E-state index in [-0.39, 0.29) is 0 Å². The summed E-state index contributed by atoms with van der Waals surface area (Å²) in [6.45, 7) is 14.2. The van der Waals surface area contributed by atoms with Crippen molar-refractivity contribution in [2.24, 2.45) is 0 Å². The molecule has 0 bridgehead atoms. The molecule has 2 aliphatic heterocycles. The maximum atomic E-state index is 3.62. The average molecular weight is 239 g/mol. The highest BCUT2D eigenvalue weighted by molar-refractivity contribution is 4.93. The van der Waals surface area contributed by atoms with Crippen LogP contribution in [0, 0.1) is 0 Å². The van der Waals surface area contributed by atoms with Gasteiger partial charge in [0.05, 0.1) is 0 Å². The number of nitrogens with one attached hydrogen (secondary N) is 1. The molecule has 0 aromatic carbocycles. The van der Waals surface area contributed by atoms with Crippen molar-refractivity contribution in [3.05, 3.63) is 0 Å². The van der Waals surface area contributed by atoms with Gasteiger partial charge >= 0.3 is 0 Å². The zero-order valence-electron chi connectivity index (χ0n) is 11.9. The van der Waals surface area contributed by atoms with Crippen LogP contribution in [0.15, 0.2) is 0 Å². The topological polar surface area (TPSA) is 18.5 Å². The first-order valence-corrected chi connectivity index (χ1v) is 7.30. The Balaban J connectivity index is 1.66. The summed E-state index contributed by atoms with van der Waals surface area (Å²) in [4.78, 5) is 5.29. The van der Waals surface area contributed by atoms with Crippen molar-refractivity contribution in [1.82, 2.24) is 15.1 Å². The number of rotatable bonds is 4. The lowest BCUT2D eigenvalue weighted by Gasteiger charge is -2.48. The monoisotopic (exact) mass is 239 g/mol. The second-order valence-corrected chi connectivity index (χ2v) is 6.33. The van der Waals surface area contributed by atoms with Crippen LogP contribution in [0.2, 0.25) is 0 Å². The molecular formula is C14H29N3. The molecule has 0 spiro atoms. The van der Waals surface area contributed by atoms with Crippen LogP contribution < -0.4 is 5.32 Å². The molecule has 0 aliphatic carbocycles. The minimum atomic E-state index is 0.630. The molecule has 2 rings (SSSR count). The smallest absolute Gasteiger partial charge is 0.0325 e. The van der Waals surface area contributed by atoms with Crippen molar-refractivity contribution in [3.8, 4) is 0 Å². The molecule has 3 heteroatoms. The zero-order chi connectivity index (χ0) is 12.4. The van der Waals surface area contributed by atoms with Gasteiger partial charge in [-0.05, 0) is 39.8 Å². The number of nitrogens with zero attached hydrogens (tertiary/aromatic N) is 2. The molecule has 0 aromatic rings. The van der Waals surface area contributed by atoms with Crippen LogP contribution in [0.5, 0.6) is 0 Å². The van der Waals surface area contributed by atoms with E-state index in [1.165, 1.54) is 39.0 Å². The van der Waals surface area contributed by atoms with Gasteiger partial charge in [0.25, 0.3) is 0 Å². The molecule has 2 saturated heterocycles. The predicted octanol–water partition coefficient (Wildman–Crippen LogP) is 1.54. The fourth-order valence-corrected chi connectivity index (χ4v) is 3.16. The standard InChI is InChI=1S/C14H29N3/c1-11(2)15-13-9-17(10-13)14-5-7-16(8-6-14)12(3)4/h11-15H,5-10H2,1-4H3. The van der Waals surface area contributed by atoms with Gasteiger partial charge < -0.3 is 10.2 Å². The van der Waals surface area contributed by atoms with Crippen LogP contribution in [0.4, 0.5) is 0 Å². The third-order valence-corrected chi connectivity index (χ3v) is 4.22. The molecule has 0 atom stereocenters. The van der Waals surface area contributed by atoms with Gasteiger partial charge in [0.1, 0.15) is 0 Å². The van der Waals surface area contributed by atoms with Gasteiger partial charge in [-0.25, -0.2) is 0 Å². The largest absolute Gasteiger partial charge is 0.309 e. The van der Waals surface area contributed by atoms with Crippen LogP contribution in [-0.2, 0) is 0 Å². The van der Waals surface area contributed by atoms with Crippen LogP contribution in [0.1, 0.15) is 40.5 Å². The number of hydrogen-bond donors (Lipinski definition) is 1. The molecule has 17 heavy (non-hydrogen) atoms. The van der Waals surface area contributed by atoms with E-state index in [0.717, 1.165) is 18.1 Å². The number of hydrogen-bond acceptors (Lipinski definition) is 3. The SMILES string of the molecule is CC(C)NC1CN(C2CCN(C(C)C)CC2)C1. The van der Waals surface area contributed by atoms with Crippen LogP contribution in [-0.4, -0.2) is 60.1 Å². The van der Waals surface area contributed by atoms with Crippen molar-refractivity contribution in [2.45, 2.75) is 64.7 Å². The summed E-state index contributed by atoms with van der Waals surface area (Å²) < 4.78 is 0. The third-order valence-electron chi connectivity index (χ3n) is 4.22. The van der Waals surface area contributed by atoms with E-state index >= 15 is 0 Å². The van der Waals surface area contributed by atoms with Crippen molar-refractivity contribution in [2.75, 3.05) is 26.2 Å². The molecule has 0 aromatic heterocycles. The van der Waals surface area contributed by atoms with E-state index in [0.29, 0.717) is 6.04 Å². The Bertz CT molecular complexity index is 226. The van der Waals surface area contributed by atoms with Gasteiger partial charge in [-0.3, -0.25) is 4.90 Å². The molecule has 2 heterocycles. The Morgan fingerprint density at radius 2 is 1.59 bits per heavy atom. The normalized spacial score (nSPS) is 25.8. The van der Waals surface area contributed by atoms with Gasteiger partial charge in [0.15, 0.2) is 0 Å². The molecule has 0 unspecified atom stereocenters. The van der Waals surface area contributed by atoms with Gasteiger partial charge in [-0.15, -0.1) is 0 Å². The van der Waals surface area contributed by atoms with Gasteiger partial charge in [0, 0.05) is 37.3 Å². The summed E-state index contributed by atoms with van der Waals surface area (Å²) in [5, 5.41) is 3.62. The molecule has 0 saturated carbocycles. The fraction of sp³-hybridized carbons (Fsp3) is 1.00. The van der Waals surface area contributed by atoms with Crippen molar-refractivity contribution in [3.63, 3.8) is 0 Å². The predicted molar refractivity (Wildman–Crippen MR) is 73.4 cm³/mol. The summed E-state index contributed by atoms with van der Waals surface area (Å²) >= 11 is 0. The zero-order valence-corrected chi connectivity index (χ0v) is 11.9. The van der Waals surface area contributed by atoms with E-state index in [9.17, 15) is 0 Å². The first-order chi connectivity index (χ1) is 8.06. The van der Waals surface area contributed by atoms with Crippen molar-refractivity contribution < 1.29 is 0 Å². The van der Waals surface area contributed by atoms with Gasteiger partial charge in [-0.1, -0.05) is 13.8 Å². The molecule has 2 aliphatic rings. The Kier molecular flexibility index (Phi) is 4.45. The fourth-order valence-electron chi connectivity index (χ4n) is 3.16. The minimum Gasteiger partial charge on any atom is -0.309 e. The molecule has 100 valence electrons. The Morgan fingerprint density at radius 1 is 1.00 bits per heavy atom. The highest BCUT2D eigenvalue weighted by Crippen LogP contribution is 2.22. The third kappa shape index (κ3) is 3.43. The van der Waals surface area contributed by atoms with Gasteiger partial charge in [0.2, 0.25) is 0 Å². The summed E-state index contributed by atoms with van der Waals surface area (Å²) in [6.07, 6.45) is 2.74. The molecule has 3 nitrogen and oxygen atoms in total. The average Bonchev–Trinajstić information content (AvgIpc) is 2.23. The lowest BCUT2D eigenvalue weighted by Crippen LogP contribution is -2.63. The lowest BCUT2D eigenvalue weighted by atomic mass is 9.96. The maximum absolute atomic E-state index is 3.62. The van der Waals surface area contributed by atoms with Crippen LogP contribution in [0.3, 0.4) is 0 Å². The van der Waals surface area contributed by atoms with E-state index in [4.69, 9.17) is 0 Å². The summed E-state index contributed by atoms with van der Waals surface area (Å²) in [6, 6.07) is 2.96. The molecule has 0 radical (unpaired) electrons. The summed E-state index contributed by atoms with van der Waals surface area (Å²) in [5.41, 5.74) is 0. The van der Waals surface area contributed by atoms with E-state index in [2.05, 4.69) is 42.8 Å². The molecule has 1 N–H and O–H groups in total. The minimum absolute atomic E-state index is 0.630. The van der Waals surface area contributed by atoms with Crippen LogP contribution >= 0.6 is 0 Å². The van der Waals surface area contributed by atoms with Gasteiger partial charge in [-0.2, -0.15) is 0 Å². The van der Waals surface area contributed by atoms with Crippen molar-refractivity contribution >= 4 is 0 Å². The Morgan fingerprint density at radius 3 is 2.06 bits per heavy atom. The quantitative estimate of drug-likeness (QED) is 0.803. The maximum Gasteiger partial charge on any atom is 0.0325 e. The van der Waals surface area contributed by atoms with E-state index in [1.54, 1.807) is 0 Å².